The quantitative estimate of drug-likeness (QED) is 0.854. The molecule has 2 aromatic carbocycles. The molecule has 0 atom stereocenters. The minimum Gasteiger partial charge on any atom is -0.384 e. The summed E-state index contributed by atoms with van der Waals surface area (Å²) in [6, 6.07) is 16.9. The van der Waals surface area contributed by atoms with Crippen LogP contribution >= 0.6 is 12.4 Å². The summed E-state index contributed by atoms with van der Waals surface area (Å²) < 4.78 is 0. The molecule has 2 aliphatic rings. The fourth-order valence-corrected chi connectivity index (χ4v) is 4.05. The summed E-state index contributed by atoms with van der Waals surface area (Å²) in [6.07, 6.45) is 1.12. The van der Waals surface area contributed by atoms with Crippen LogP contribution in [0, 0.1) is 0 Å². The van der Waals surface area contributed by atoms with Gasteiger partial charge in [0.1, 0.15) is 0 Å². The number of nitrogens with zero attached hydrogens (tertiary/aromatic N) is 3. The van der Waals surface area contributed by atoms with E-state index in [1.807, 2.05) is 35.0 Å². The molecule has 150 valence electrons. The van der Waals surface area contributed by atoms with Crippen molar-refractivity contribution in [2.75, 3.05) is 45.1 Å². The van der Waals surface area contributed by atoms with Crippen LogP contribution in [0.3, 0.4) is 0 Å². The summed E-state index contributed by atoms with van der Waals surface area (Å²) in [4.78, 5) is 19.0. The lowest BCUT2D eigenvalue weighted by atomic mass is 10.1. The molecule has 28 heavy (non-hydrogen) atoms. The van der Waals surface area contributed by atoms with Crippen molar-refractivity contribution < 1.29 is 4.79 Å². The van der Waals surface area contributed by atoms with Crippen LogP contribution in [-0.2, 0) is 19.5 Å². The van der Waals surface area contributed by atoms with E-state index < -0.39 is 0 Å². The van der Waals surface area contributed by atoms with Crippen LogP contribution in [0.1, 0.15) is 16.7 Å². The highest BCUT2D eigenvalue weighted by Gasteiger charge is 2.24. The Hall–Kier alpha value is -2.24. The number of nitrogens with one attached hydrogen (secondary N) is 1. The molecule has 2 aliphatic heterocycles. The first-order valence-electron chi connectivity index (χ1n) is 9.81. The van der Waals surface area contributed by atoms with E-state index in [1.54, 1.807) is 0 Å². The van der Waals surface area contributed by atoms with Gasteiger partial charge in [-0.15, -0.1) is 12.4 Å². The molecule has 1 fully saturated rings. The standard InChI is InChI=1S/C22H28N4O.ClH/c1-24(16-18-6-3-2-4-7-18)22(27)26-14-12-25(13-15-26)17-20-9-5-8-19-10-11-23-21(19)20;/h2-9,23H,10-17H2,1H3;1H. The van der Waals surface area contributed by atoms with Gasteiger partial charge in [-0.25, -0.2) is 4.79 Å². The van der Waals surface area contributed by atoms with E-state index in [4.69, 9.17) is 0 Å². The maximum absolute atomic E-state index is 12.7. The number of benzene rings is 2. The maximum Gasteiger partial charge on any atom is 0.320 e. The number of rotatable bonds is 4. The van der Waals surface area contributed by atoms with E-state index in [1.165, 1.54) is 16.8 Å². The van der Waals surface area contributed by atoms with Crippen molar-refractivity contribution in [3.8, 4) is 0 Å². The van der Waals surface area contributed by atoms with Crippen LogP contribution in [0.5, 0.6) is 0 Å². The van der Waals surface area contributed by atoms with Crippen LogP contribution in [-0.4, -0.2) is 60.5 Å². The Kier molecular flexibility index (Phi) is 6.81. The number of piperazine rings is 1. The Morgan fingerprint density at radius 2 is 1.79 bits per heavy atom. The molecular weight excluding hydrogens is 372 g/mol. The molecular formula is C22H29ClN4O. The molecule has 0 radical (unpaired) electrons. The first-order valence-corrected chi connectivity index (χ1v) is 9.81. The topological polar surface area (TPSA) is 38.8 Å². The summed E-state index contributed by atoms with van der Waals surface area (Å²) in [5.74, 6) is 0. The molecule has 1 saturated heterocycles. The Balaban J connectivity index is 0.00000225. The van der Waals surface area contributed by atoms with Crippen LogP contribution in [0.4, 0.5) is 10.5 Å². The lowest BCUT2D eigenvalue weighted by Gasteiger charge is -2.37. The fourth-order valence-electron chi connectivity index (χ4n) is 4.05. The highest BCUT2D eigenvalue weighted by molar-refractivity contribution is 5.85. The van der Waals surface area contributed by atoms with Gasteiger partial charge in [0.2, 0.25) is 0 Å². The van der Waals surface area contributed by atoms with Gasteiger partial charge in [0.15, 0.2) is 0 Å². The molecule has 2 amide bonds. The van der Waals surface area contributed by atoms with Crippen molar-refractivity contribution in [1.29, 1.82) is 0 Å². The van der Waals surface area contributed by atoms with E-state index in [2.05, 4.69) is 40.5 Å². The lowest BCUT2D eigenvalue weighted by Crippen LogP contribution is -2.51. The summed E-state index contributed by atoms with van der Waals surface area (Å²) in [7, 11) is 1.89. The molecule has 0 bridgehead atoms. The van der Waals surface area contributed by atoms with Crippen LogP contribution < -0.4 is 5.32 Å². The molecule has 0 saturated carbocycles. The van der Waals surface area contributed by atoms with E-state index in [0.29, 0.717) is 6.54 Å². The Morgan fingerprint density at radius 1 is 1.04 bits per heavy atom. The Morgan fingerprint density at radius 3 is 2.54 bits per heavy atom. The molecule has 0 unspecified atom stereocenters. The van der Waals surface area contributed by atoms with Crippen molar-refractivity contribution >= 4 is 24.1 Å². The minimum atomic E-state index is 0. The highest BCUT2D eigenvalue weighted by Crippen LogP contribution is 2.27. The number of urea groups is 1. The third-order valence-electron chi connectivity index (χ3n) is 5.56. The third kappa shape index (κ3) is 4.59. The smallest absolute Gasteiger partial charge is 0.320 e. The number of carbonyl (C=O) groups excluding carboxylic acids is 1. The van der Waals surface area contributed by atoms with Crippen LogP contribution in [0.2, 0.25) is 0 Å². The van der Waals surface area contributed by atoms with Gasteiger partial charge in [-0.2, -0.15) is 0 Å². The van der Waals surface area contributed by atoms with Crippen molar-refractivity contribution in [2.24, 2.45) is 0 Å². The van der Waals surface area contributed by atoms with Crippen LogP contribution in [0.15, 0.2) is 48.5 Å². The largest absolute Gasteiger partial charge is 0.384 e. The van der Waals surface area contributed by atoms with E-state index in [9.17, 15) is 4.79 Å². The second-order valence-corrected chi connectivity index (χ2v) is 7.52. The number of carbonyl (C=O) groups is 1. The lowest BCUT2D eigenvalue weighted by molar-refractivity contribution is 0.114. The first kappa shape index (κ1) is 20.5. The average molecular weight is 401 g/mol. The number of hydrogen-bond donors (Lipinski definition) is 1. The number of para-hydroxylation sites is 1. The van der Waals surface area contributed by atoms with Crippen molar-refractivity contribution in [1.82, 2.24) is 14.7 Å². The van der Waals surface area contributed by atoms with E-state index in [-0.39, 0.29) is 18.4 Å². The molecule has 2 heterocycles. The molecule has 1 N–H and O–H groups in total. The number of hydrogen-bond acceptors (Lipinski definition) is 3. The van der Waals surface area contributed by atoms with E-state index >= 15 is 0 Å². The second-order valence-electron chi connectivity index (χ2n) is 7.52. The highest BCUT2D eigenvalue weighted by atomic mass is 35.5. The van der Waals surface area contributed by atoms with Gasteiger partial charge in [-0.3, -0.25) is 4.90 Å². The number of fused-ring (bicyclic) bond motifs is 1. The Bertz CT molecular complexity index is 790. The predicted molar refractivity (Wildman–Crippen MR) is 116 cm³/mol. The zero-order valence-electron chi connectivity index (χ0n) is 16.4. The molecule has 2 aromatic rings. The molecule has 0 aliphatic carbocycles. The zero-order valence-corrected chi connectivity index (χ0v) is 17.3. The van der Waals surface area contributed by atoms with Gasteiger partial charge < -0.3 is 15.1 Å². The van der Waals surface area contributed by atoms with Gasteiger partial charge in [-0.1, -0.05) is 48.5 Å². The summed E-state index contributed by atoms with van der Waals surface area (Å²) in [6.45, 7) is 6.09. The van der Waals surface area contributed by atoms with Gasteiger partial charge in [0.25, 0.3) is 0 Å². The average Bonchev–Trinajstić information content (AvgIpc) is 3.19. The monoisotopic (exact) mass is 400 g/mol. The first-order chi connectivity index (χ1) is 13.2. The summed E-state index contributed by atoms with van der Waals surface area (Å²) in [5.41, 5.74) is 5.31. The van der Waals surface area contributed by atoms with Crippen molar-refractivity contribution in [3.05, 3.63) is 65.2 Å². The van der Waals surface area contributed by atoms with Crippen molar-refractivity contribution in [3.63, 3.8) is 0 Å². The number of anilines is 1. The van der Waals surface area contributed by atoms with Gasteiger partial charge in [-0.05, 0) is 23.1 Å². The fraction of sp³-hybridized carbons (Fsp3) is 0.409. The minimum absolute atomic E-state index is 0. The van der Waals surface area contributed by atoms with Crippen molar-refractivity contribution in [2.45, 2.75) is 19.5 Å². The molecule has 0 aromatic heterocycles. The predicted octanol–water partition coefficient (Wildman–Crippen LogP) is 3.45. The van der Waals surface area contributed by atoms with E-state index in [0.717, 1.165) is 51.3 Å². The second kappa shape index (κ2) is 9.30. The number of amides is 2. The summed E-state index contributed by atoms with van der Waals surface area (Å²) in [5, 5.41) is 3.53. The molecule has 0 spiro atoms. The van der Waals surface area contributed by atoms with Gasteiger partial charge in [0, 0.05) is 58.5 Å². The molecule has 5 nitrogen and oxygen atoms in total. The zero-order chi connectivity index (χ0) is 18.6. The SMILES string of the molecule is CN(Cc1ccccc1)C(=O)N1CCN(Cc2cccc3c2NCC3)CC1.Cl. The third-order valence-corrected chi connectivity index (χ3v) is 5.56. The van der Waals surface area contributed by atoms with Crippen LogP contribution in [0.25, 0.3) is 0 Å². The van der Waals surface area contributed by atoms with Gasteiger partial charge in [0.05, 0.1) is 0 Å². The molecule has 4 rings (SSSR count). The summed E-state index contributed by atoms with van der Waals surface area (Å²) >= 11 is 0. The Labute approximate surface area is 173 Å². The normalized spacial score (nSPS) is 16.1. The van der Waals surface area contributed by atoms with Gasteiger partial charge >= 0.3 is 6.03 Å². The maximum atomic E-state index is 12.7. The number of halogens is 1. The molecule has 6 heteroatoms.